The third-order valence-corrected chi connectivity index (χ3v) is 5.10. The summed E-state index contributed by atoms with van der Waals surface area (Å²) < 4.78 is 19.2. The lowest BCUT2D eigenvalue weighted by molar-refractivity contribution is -0.150. The Hall–Kier alpha value is -5.00. The average molecular weight is 555 g/mol. The highest BCUT2D eigenvalue weighted by Crippen LogP contribution is 2.29. The van der Waals surface area contributed by atoms with Crippen LogP contribution in [0.5, 0.6) is 0 Å². The number of fused-ring (bicyclic) bond motifs is 1. The van der Waals surface area contributed by atoms with Gasteiger partial charge in [0.2, 0.25) is 11.8 Å². The van der Waals surface area contributed by atoms with Crippen molar-refractivity contribution in [3.63, 3.8) is 0 Å². The molecule has 2 amide bonds. The smallest absolute Gasteiger partial charge is 0.330 e. The summed E-state index contributed by atoms with van der Waals surface area (Å²) in [7, 11) is 0. The molecule has 12 nitrogen and oxygen atoms in total. The maximum Gasteiger partial charge on any atom is 0.330 e. The molecule has 2 rings (SSSR count). The van der Waals surface area contributed by atoms with E-state index >= 15 is 0 Å². The second-order valence-electron chi connectivity index (χ2n) is 7.99. The normalized spacial score (nSPS) is 10.1. The fraction of sp³-hybridized carbons (Fsp3) is 0.286. The van der Waals surface area contributed by atoms with Gasteiger partial charge in [-0.1, -0.05) is 37.4 Å². The quantitative estimate of drug-likeness (QED) is 0.136. The Labute approximate surface area is 230 Å². The molecule has 0 radical (unpaired) electrons. The molecule has 0 aromatic heterocycles. The van der Waals surface area contributed by atoms with Crippen LogP contribution in [0.2, 0.25) is 0 Å². The van der Waals surface area contributed by atoms with Crippen molar-refractivity contribution in [2.45, 2.75) is 25.7 Å². The van der Waals surface area contributed by atoms with Gasteiger partial charge in [0, 0.05) is 47.1 Å². The summed E-state index contributed by atoms with van der Waals surface area (Å²) in [5, 5.41) is 6.79. The van der Waals surface area contributed by atoms with Gasteiger partial charge in [-0.15, -0.1) is 0 Å². The largest absolute Gasteiger partial charge is 0.462 e. The molecule has 0 aliphatic rings. The molecule has 0 spiro atoms. The van der Waals surface area contributed by atoms with Gasteiger partial charge in [-0.2, -0.15) is 0 Å². The topological polar surface area (TPSA) is 163 Å². The Bertz CT molecular complexity index is 1170. The number of amides is 2. The second-order valence-corrected chi connectivity index (χ2v) is 7.99. The third-order valence-electron chi connectivity index (χ3n) is 5.10. The van der Waals surface area contributed by atoms with Crippen molar-refractivity contribution in [1.82, 2.24) is 0 Å². The zero-order valence-corrected chi connectivity index (χ0v) is 21.8. The first-order valence-electron chi connectivity index (χ1n) is 12.2. The summed E-state index contributed by atoms with van der Waals surface area (Å²) >= 11 is 0. The maximum atomic E-state index is 12.4. The van der Waals surface area contributed by atoms with Crippen molar-refractivity contribution in [1.29, 1.82) is 0 Å². The summed E-state index contributed by atoms with van der Waals surface area (Å²) in [4.78, 5) is 70.4. The van der Waals surface area contributed by atoms with Gasteiger partial charge in [0.15, 0.2) is 0 Å². The Morgan fingerprint density at radius 1 is 0.575 bits per heavy atom. The van der Waals surface area contributed by atoms with Crippen molar-refractivity contribution < 1.29 is 47.7 Å². The molecule has 0 bridgehead atoms. The Morgan fingerprint density at radius 3 is 1.32 bits per heavy atom. The van der Waals surface area contributed by atoms with E-state index in [1.54, 1.807) is 36.4 Å². The Morgan fingerprint density at radius 2 is 0.950 bits per heavy atom. The highest BCUT2D eigenvalue weighted by molar-refractivity contribution is 6.09. The molecule has 0 atom stereocenters. The monoisotopic (exact) mass is 554 g/mol. The number of ether oxygens (including phenoxy) is 4. The van der Waals surface area contributed by atoms with Crippen LogP contribution in [0.1, 0.15) is 25.7 Å². The highest BCUT2D eigenvalue weighted by Gasteiger charge is 2.13. The van der Waals surface area contributed by atoms with Gasteiger partial charge in [-0.3, -0.25) is 19.2 Å². The van der Waals surface area contributed by atoms with E-state index < -0.39 is 35.7 Å². The molecule has 0 aliphatic carbocycles. The minimum absolute atomic E-state index is 0.114. The molecule has 0 saturated carbocycles. The number of rotatable bonds is 16. The van der Waals surface area contributed by atoms with Crippen LogP contribution in [0.3, 0.4) is 0 Å². The summed E-state index contributed by atoms with van der Waals surface area (Å²) in [6.45, 7) is 6.01. The first-order valence-corrected chi connectivity index (χ1v) is 12.2. The van der Waals surface area contributed by atoms with E-state index in [9.17, 15) is 28.8 Å². The molecule has 0 aliphatic heterocycles. The predicted molar refractivity (Wildman–Crippen MR) is 144 cm³/mol. The molecular weight excluding hydrogens is 524 g/mol. The van der Waals surface area contributed by atoms with Crippen molar-refractivity contribution in [2.75, 3.05) is 37.1 Å². The molecule has 2 aromatic carbocycles. The molecule has 0 unspecified atom stereocenters. The molecule has 40 heavy (non-hydrogen) atoms. The minimum Gasteiger partial charge on any atom is -0.462 e. The van der Waals surface area contributed by atoms with E-state index in [1.165, 1.54) is 0 Å². The minimum atomic E-state index is -0.629. The molecule has 12 heteroatoms. The number of hydrogen-bond donors (Lipinski definition) is 2. The first kappa shape index (κ1) is 31.2. The summed E-state index contributed by atoms with van der Waals surface area (Å²) in [5.74, 6) is -3.34. The zero-order valence-electron chi connectivity index (χ0n) is 21.8. The Kier molecular flexibility index (Phi) is 13.1. The van der Waals surface area contributed by atoms with Crippen LogP contribution in [0.15, 0.2) is 61.7 Å². The van der Waals surface area contributed by atoms with E-state index in [2.05, 4.69) is 23.8 Å². The lowest BCUT2D eigenvalue weighted by atomic mass is 10.1. The maximum absolute atomic E-state index is 12.4. The van der Waals surface area contributed by atoms with Gasteiger partial charge in [0.25, 0.3) is 0 Å². The molecular formula is C28H30N2O10. The number of benzene rings is 2. The number of anilines is 2. The SMILES string of the molecule is C=CC(=O)OCCOC(=O)CCC(=O)Nc1cccc2c(NC(=O)CCC(=O)OCCOC(=O)C=C)cccc12. The van der Waals surface area contributed by atoms with Crippen LogP contribution in [0.25, 0.3) is 10.8 Å². The molecule has 2 N–H and O–H groups in total. The van der Waals surface area contributed by atoms with Crippen LogP contribution < -0.4 is 10.6 Å². The lowest BCUT2D eigenvalue weighted by Gasteiger charge is -2.13. The van der Waals surface area contributed by atoms with E-state index in [0.29, 0.717) is 22.1 Å². The van der Waals surface area contributed by atoms with Crippen LogP contribution in [-0.2, 0) is 47.7 Å². The van der Waals surface area contributed by atoms with Gasteiger partial charge in [0.05, 0.1) is 12.8 Å². The number of carbonyl (C=O) groups excluding carboxylic acids is 6. The van der Waals surface area contributed by atoms with Crippen LogP contribution >= 0.6 is 0 Å². The zero-order chi connectivity index (χ0) is 29.3. The van der Waals surface area contributed by atoms with Crippen molar-refractivity contribution in [3.05, 3.63) is 61.7 Å². The average Bonchev–Trinajstić information content (AvgIpc) is 2.95. The summed E-state index contributed by atoms with van der Waals surface area (Å²) in [5.41, 5.74) is 0.952. The first-order chi connectivity index (χ1) is 19.2. The molecule has 2 aromatic rings. The van der Waals surface area contributed by atoms with Gasteiger partial charge in [0.1, 0.15) is 26.4 Å². The molecule has 212 valence electrons. The van der Waals surface area contributed by atoms with Crippen LogP contribution in [0.4, 0.5) is 11.4 Å². The fourth-order valence-corrected chi connectivity index (χ4v) is 3.24. The molecule has 0 heterocycles. The van der Waals surface area contributed by atoms with E-state index in [0.717, 1.165) is 12.2 Å². The standard InChI is InChI=1S/C28H30N2O10/c1-3-25(33)37-15-17-39-27(35)13-11-23(31)29-21-9-5-8-20-19(21)7-6-10-22(20)30-24(32)12-14-28(36)40-18-16-38-26(34)4-2/h3-10H,1-2,11-18H2,(H,29,31)(H,30,32). The lowest BCUT2D eigenvalue weighted by Crippen LogP contribution is -2.17. The van der Waals surface area contributed by atoms with Gasteiger partial charge in [-0.05, 0) is 12.1 Å². The predicted octanol–water partition coefficient (Wildman–Crippen LogP) is 2.82. The highest BCUT2D eigenvalue weighted by atomic mass is 16.6. The van der Waals surface area contributed by atoms with Gasteiger partial charge in [-0.25, -0.2) is 9.59 Å². The number of hydrogen-bond acceptors (Lipinski definition) is 10. The van der Waals surface area contributed by atoms with Crippen LogP contribution in [-0.4, -0.2) is 62.1 Å². The number of nitrogens with one attached hydrogen (secondary N) is 2. The van der Waals surface area contributed by atoms with Gasteiger partial charge < -0.3 is 29.6 Å². The van der Waals surface area contributed by atoms with Gasteiger partial charge >= 0.3 is 23.9 Å². The van der Waals surface area contributed by atoms with Crippen molar-refractivity contribution in [3.8, 4) is 0 Å². The number of carbonyl (C=O) groups is 6. The molecule has 0 saturated heterocycles. The fourth-order valence-electron chi connectivity index (χ4n) is 3.24. The Balaban J connectivity index is 1.85. The van der Waals surface area contributed by atoms with Crippen LogP contribution in [0, 0.1) is 0 Å². The van der Waals surface area contributed by atoms with E-state index in [-0.39, 0.29) is 52.1 Å². The van der Waals surface area contributed by atoms with Crippen molar-refractivity contribution >= 4 is 57.8 Å². The van der Waals surface area contributed by atoms with E-state index in [1.807, 2.05) is 0 Å². The second kappa shape index (κ2) is 16.8. The molecule has 0 fully saturated rings. The summed E-state index contributed by atoms with van der Waals surface area (Å²) in [6.07, 6.45) is 1.38. The van der Waals surface area contributed by atoms with Crippen molar-refractivity contribution in [2.24, 2.45) is 0 Å². The number of esters is 4. The third kappa shape index (κ3) is 11.2. The summed E-state index contributed by atoms with van der Waals surface area (Å²) in [6, 6.07) is 10.3. The van der Waals surface area contributed by atoms with E-state index in [4.69, 9.17) is 18.9 Å².